The second kappa shape index (κ2) is 5.74. The molecule has 0 saturated carbocycles. The van der Waals surface area contributed by atoms with Crippen molar-refractivity contribution in [2.24, 2.45) is 0 Å². The highest BCUT2D eigenvalue weighted by atomic mass is 35.5. The van der Waals surface area contributed by atoms with Crippen molar-refractivity contribution in [3.63, 3.8) is 0 Å². The molecule has 3 rings (SSSR count). The summed E-state index contributed by atoms with van der Waals surface area (Å²) in [6.07, 6.45) is 4.63. The fourth-order valence-electron chi connectivity index (χ4n) is 2.59. The van der Waals surface area contributed by atoms with Gasteiger partial charge in [0.05, 0.1) is 9.95 Å². The zero-order valence-corrected chi connectivity index (χ0v) is 12.1. The number of nitro groups is 1. The van der Waals surface area contributed by atoms with Crippen LogP contribution in [-0.2, 0) is 12.8 Å². The van der Waals surface area contributed by atoms with Crippen LogP contribution in [0.2, 0.25) is 5.02 Å². The molecule has 108 valence electrons. The molecule has 0 fully saturated rings. The maximum atomic E-state index is 10.7. The number of hydrogen-bond acceptors (Lipinski definition) is 3. The molecule has 0 amide bonds. The first-order chi connectivity index (χ1) is 10.1. The topological polar surface area (TPSA) is 52.4 Å². The summed E-state index contributed by atoms with van der Waals surface area (Å²) in [4.78, 5) is 10.2. The molecule has 0 heterocycles. The Kier molecular flexibility index (Phi) is 3.80. The van der Waals surface area contributed by atoms with Crippen LogP contribution >= 0.6 is 11.6 Å². The molecule has 4 nitrogen and oxygen atoms in total. The lowest BCUT2D eigenvalue weighted by Gasteiger charge is -2.17. The molecule has 5 heteroatoms. The largest absolute Gasteiger partial charge is 0.456 e. The molecule has 0 unspecified atom stereocenters. The molecule has 0 bridgehead atoms. The Bertz CT molecular complexity index is 700. The standard InChI is InChI=1S/C16H14ClNO3/c17-15-10-13(18(19)20)6-8-16(15)21-14-7-5-11-3-1-2-4-12(11)9-14/h5-10H,1-4H2. The average molecular weight is 304 g/mol. The van der Waals surface area contributed by atoms with Gasteiger partial charge in [-0.1, -0.05) is 17.7 Å². The third-order valence-corrected chi connectivity index (χ3v) is 3.97. The molecule has 0 radical (unpaired) electrons. The van der Waals surface area contributed by atoms with Crippen LogP contribution in [-0.4, -0.2) is 4.92 Å². The second-order valence-corrected chi connectivity index (χ2v) is 5.52. The van der Waals surface area contributed by atoms with Crippen LogP contribution in [0, 0.1) is 10.1 Å². The number of benzene rings is 2. The summed E-state index contributed by atoms with van der Waals surface area (Å²) >= 11 is 6.04. The van der Waals surface area contributed by atoms with Crippen LogP contribution in [0.4, 0.5) is 5.69 Å². The molecule has 1 aliphatic rings. The van der Waals surface area contributed by atoms with Gasteiger partial charge >= 0.3 is 0 Å². The van der Waals surface area contributed by atoms with Gasteiger partial charge in [0.1, 0.15) is 11.5 Å². The van der Waals surface area contributed by atoms with Crippen molar-refractivity contribution >= 4 is 17.3 Å². The Morgan fingerprint density at radius 1 is 1.05 bits per heavy atom. The quantitative estimate of drug-likeness (QED) is 0.597. The Morgan fingerprint density at radius 2 is 1.81 bits per heavy atom. The molecule has 2 aromatic rings. The van der Waals surface area contributed by atoms with Gasteiger partial charge in [-0.05, 0) is 55.0 Å². The highest BCUT2D eigenvalue weighted by Crippen LogP contribution is 2.34. The molecule has 0 aliphatic heterocycles. The lowest BCUT2D eigenvalue weighted by molar-refractivity contribution is -0.384. The van der Waals surface area contributed by atoms with E-state index < -0.39 is 4.92 Å². The van der Waals surface area contributed by atoms with Gasteiger partial charge in [0.25, 0.3) is 5.69 Å². The van der Waals surface area contributed by atoms with E-state index in [-0.39, 0.29) is 10.7 Å². The maximum absolute atomic E-state index is 10.7. The summed E-state index contributed by atoms with van der Waals surface area (Å²) in [5.74, 6) is 1.14. The number of rotatable bonds is 3. The number of nitro benzene ring substituents is 1. The summed E-state index contributed by atoms with van der Waals surface area (Å²) in [6, 6.07) is 10.3. The second-order valence-electron chi connectivity index (χ2n) is 5.11. The number of aryl methyl sites for hydroxylation is 2. The Balaban J connectivity index is 1.85. The van der Waals surface area contributed by atoms with E-state index >= 15 is 0 Å². The number of hydrogen-bond donors (Lipinski definition) is 0. The molecule has 0 N–H and O–H groups in total. The van der Waals surface area contributed by atoms with Crippen LogP contribution in [0.3, 0.4) is 0 Å². The number of ether oxygens (including phenoxy) is 1. The third-order valence-electron chi connectivity index (χ3n) is 3.67. The van der Waals surface area contributed by atoms with Crippen molar-refractivity contribution in [2.75, 3.05) is 0 Å². The van der Waals surface area contributed by atoms with Gasteiger partial charge in [-0.2, -0.15) is 0 Å². The summed E-state index contributed by atoms with van der Waals surface area (Å²) in [6.45, 7) is 0. The van der Waals surface area contributed by atoms with E-state index in [1.165, 1.54) is 42.2 Å². The lowest BCUT2D eigenvalue weighted by Crippen LogP contribution is -2.02. The van der Waals surface area contributed by atoms with Gasteiger partial charge < -0.3 is 4.74 Å². The minimum atomic E-state index is -0.478. The summed E-state index contributed by atoms with van der Waals surface area (Å²) in [5.41, 5.74) is 2.65. The normalized spacial score (nSPS) is 13.6. The highest BCUT2D eigenvalue weighted by Gasteiger charge is 2.13. The first-order valence-electron chi connectivity index (χ1n) is 6.87. The first kappa shape index (κ1) is 13.9. The van der Waals surface area contributed by atoms with Gasteiger partial charge in [-0.3, -0.25) is 10.1 Å². The van der Waals surface area contributed by atoms with Crippen LogP contribution in [0.1, 0.15) is 24.0 Å². The van der Waals surface area contributed by atoms with E-state index in [2.05, 4.69) is 6.07 Å². The fraction of sp³-hybridized carbons (Fsp3) is 0.250. The molecule has 0 atom stereocenters. The minimum absolute atomic E-state index is 0.0437. The van der Waals surface area contributed by atoms with E-state index in [1.54, 1.807) is 0 Å². The SMILES string of the molecule is O=[N+]([O-])c1ccc(Oc2ccc3c(c2)CCCC3)c(Cl)c1. The number of fused-ring (bicyclic) bond motifs is 1. The zero-order valence-electron chi connectivity index (χ0n) is 11.3. The highest BCUT2D eigenvalue weighted by molar-refractivity contribution is 6.32. The number of non-ortho nitro benzene ring substituents is 1. The minimum Gasteiger partial charge on any atom is -0.456 e. The van der Waals surface area contributed by atoms with Crippen molar-refractivity contribution in [1.29, 1.82) is 0 Å². The predicted octanol–water partition coefficient (Wildman–Crippen LogP) is 4.92. The molecule has 0 aromatic heterocycles. The van der Waals surface area contributed by atoms with Crippen molar-refractivity contribution < 1.29 is 9.66 Å². The lowest BCUT2D eigenvalue weighted by atomic mass is 9.92. The zero-order chi connectivity index (χ0) is 14.8. The Labute approximate surface area is 127 Å². The monoisotopic (exact) mass is 303 g/mol. The molecule has 0 saturated heterocycles. The van der Waals surface area contributed by atoms with E-state index in [1.807, 2.05) is 12.1 Å². The van der Waals surface area contributed by atoms with E-state index in [0.29, 0.717) is 11.5 Å². The maximum Gasteiger partial charge on any atom is 0.271 e. The number of halogens is 1. The summed E-state index contributed by atoms with van der Waals surface area (Å²) < 4.78 is 5.76. The Morgan fingerprint density at radius 3 is 2.52 bits per heavy atom. The third kappa shape index (κ3) is 3.00. The summed E-state index contributed by atoms with van der Waals surface area (Å²) in [7, 11) is 0. The molecular formula is C16H14ClNO3. The molecule has 21 heavy (non-hydrogen) atoms. The van der Waals surface area contributed by atoms with Gasteiger partial charge in [-0.15, -0.1) is 0 Å². The average Bonchev–Trinajstić information content (AvgIpc) is 2.49. The van der Waals surface area contributed by atoms with Crippen molar-refractivity contribution in [2.45, 2.75) is 25.7 Å². The van der Waals surface area contributed by atoms with Crippen LogP contribution in [0.5, 0.6) is 11.5 Å². The van der Waals surface area contributed by atoms with E-state index in [4.69, 9.17) is 16.3 Å². The van der Waals surface area contributed by atoms with Crippen LogP contribution in [0.15, 0.2) is 36.4 Å². The Hall–Kier alpha value is -2.07. The summed E-state index contributed by atoms with van der Waals surface area (Å²) in [5, 5.41) is 10.9. The van der Waals surface area contributed by atoms with Gasteiger partial charge in [-0.25, -0.2) is 0 Å². The van der Waals surface area contributed by atoms with Crippen molar-refractivity contribution in [3.8, 4) is 11.5 Å². The molecule has 0 spiro atoms. The van der Waals surface area contributed by atoms with E-state index in [9.17, 15) is 10.1 Å². The fourth-order valence-corrected chi connectivity index (χ4v) is 2.80. The van der Waals surface area contributed by atoms with Crippen molar-refractivity contribution in [1.82, 2.24) is 0 Å². The first-order valence-corrected chi connectivity index (χ1v) is 7.25. The molecular weight excluding hydrogens is 290 g/mol. The molecule has 1 aliphatic carbocycles. The van der Waals surface area contributed by atoms with Gasteiger partial charge in [0.15, 0.2) is 0 Å². The molecule has 2 aromatic carbocycles. The number of nitrogens with zero attached hydrogens (tertiary/aromatic N) is 1. The van der Waals surface area contributed by atoms with Crippen LogP contribution in [0.25, 0.3) is 0 Å². The van der Waals surface area contributed by atoms with Crippen molar-refractivity contribution in [3.05, 3.63) is 62.7 Å². The van der Waals surface area contributed by atoms with Gasteiger partial charge in [0, 0.05) is 12.1 Å². The van der Waals surface area contributed by atoms with Crippen LogP contribution < -0.4 is 4.74 Å². The van der Waals surface area contributed by atoms with Gasteiger partial charge in [0.2, 0.25) is 0 Å². The predicted molar refractivity (Wildman–Crippen MR) is 81.3 cm³/mol. The smallest absolute Gasteiger partial charge is 0.271 e. The van der Waals surface area contributed by atoms with E-state index in [0.717, 1.165) is 12.8 Å².